The SMILES string of the molecule is C#CCCOc1ccc(Br)cc1[C@@H](C)O. The molecule has 1 N–H and O–H groups in total. The number of aliphatic hydroxyl groups is 1. The Hall–Kier alpha value is -0.980. The lowest BCUT2D eigenvalue weighted by molar-refractivity contribution is 0.191. The quantitative estimate of drug-likeness (QED) is 0.672. The van der Waals surface area contributed by atoms with Crippen LogP contribution in [0.25, 0.3) is 0 Å². The maximum atomic E-state index is 9.54. The minimum absolute atomic E-state index is 0.470. The highest BCUT2D eigenvalue weighted by molar-refractivity contribution is 9.10. The fourth-order valence-corrected chi connectivity index (χ4v) is 1.58. The summed E-state index contributed by atoms with van der Waals surface area (Å²) in [5, 5.41) is 9.54. The maximum absolute atomic E-state index is 9.54. The molecule has 1 atom stereocenters. The van der Waals surface area contributed by atoms with Gasteiger partial charge in [0.2, 0.25) is 0 Å². The van der Waals surface area contributed by atoms with Crippen LogP contribution in [0.2, 0.25) is 0 Å². The van der Waals surface area contributed by atoms with Crippen LogP contribution in [0.4, 0.5) is 0 Å². The van der Waals surface area contributed by atoms with Crippen LogP contribution < -0.4 is 4.74 Å². The Kier molecular flexibility index (Phi) is 4.67. The molecule has 0 spiro atoms. The van der Waals surface area contributed by atoms with E-state index in [0.717, 1.165) is 10.0 Å². The molecule has 0 aromatic heterocycles. The Labute approximate surface area is 98.4 Å². The summed E-state index contributed by atoms with van der Waals surface area (Å²) in [6.45, 7) is 2.17. The first-order chi connectivity index (χ1) is 7.15. The van der Waals surface area contributed by atoms with E-state index in [1.807, 2.05) is 18.2 Å². The second-order valence-corrected chi connectivity index (χ2v) is 4.08. The van der Waals surface area contributed by atoms with Gasteiger partial charge in [0.05, 0.1) is 12.7 Å². The Balaban J connectivity index is 2.82. The number of rotatable bonds is 4. The van der Waals surface area contributed by atoms with E-state index in [9.17, 15) is 5.11 Å². The molecule has 0 saturated heterocycles. The van der Waals surface area contributed by atoms with Crippen molar-refractivity contribution in [2.24, 2.45) is 0 Å². The molecule has 0 heterocycles. The molecule has 0 radical (unpaired) electrons. The summed E-state index contributed by atoms with van der Waals surface area (Å²) < 4.78 is 6.39. The third kappa shape index (κ3) is 3.58. The highest BCUT2D eigenvalue weighted by Gasteiger charge is 2.09. The second kappa shape index (κ2) is 5.79. The summed E-state index contributed by atoms with van der Waals surface area (Å²) >= 11 is 3.35. The van der Waals surface area contributed by atoms with Gasteiger partial charge < -0.3 is 9.84 Å². The fourth-order valence-electron chi connectivity index (χ4n) is 1.20. The maximum Gasteiger partial charge on any atom is 0.125 e. The molecule has 1 rings (SSSR count). The largest absolute Gasteiger partial charge is 0.492 e. The van der Waals surface area contributed by atoms with Gasteiger partial charge in [-0.2, -0.15) is 0 Å². The first kappa shape index (κ1) is 12.1. The van der Waals surface area contributed by atoms with Crippen molar-refractivity contribution < 1.29 is 9.84 Å². The number of benzene rings is 1. The monoisotopic (exact) mass is 268 g/mol. The minimum atomic E-state index is -0.552. The molecule has 1 aromatic carbocycles. The Morgan fingerprint density at radius 3 is 2.93 bits per heavy atom. The van der Waals surface area contributed by atoms with Crippen molar-refractivity contribution in [1.29, 1.82) is 0 Å². The number of aliphatic hydroxyl groups excluding tert-OH is 1. The molecule has 0 unspecified atom stereocenters. The molecular weight excluding hydrogens is 256 g/mol. The van der Waals surface area contributed by atoms with Crippen LogP contribution >= 0.6 is 15.9 Å². The zero-order valence-electron chi connectivity index (χ0n) is 8.53. The van der Waals surface area contributed by atoms with Crippen molar-refractivity contribution in [2.45, 2.75) is 19.4 Å². The van der Waals surface area contributed by atoms with E-state index in [0.29, 0.717) is 18.8 Å². The van der Waals surface area contributed by atoms with Crippen LogP contribution in [0.5, 0.6) is 5.75 Å². The number of hydrogen-bond donors (Lipinski definition) is 1. The first-order valence-corrected chi connectivity index (χ1v) is 5.48. The van der Waals surface area contributed by atoms with Gasteiger partial charge in [0.15, 0.2) is 0 Å². The summed E-state index contributed by atoms with van der Waals surface area (Å²) in [4.78, 5) is 0. The van der Waals surface area contributed by atoms with Crippen LogP contribution in [-0.2, 0) is 0 Å². The summed E-state index contributed by atoms with van der Waals surface area (Å²) in [5.41, 5.74) is 0.765. The van der Waals surface area contributed by atoms with Gasteiger partial charge in [-0.15, -0.1) is 12.3 Å². The van der Waals surface area contributed by atoms with Gasteiger partial charge in [-0.25, -0.2) is 0 Å². The van der Waals surface area contributed by atoms with Gasteiger partial charge in [-0.1, -0.05) is 15.9 Å². The molecule has 0 bridgehead atoms. The smallest absolute Gasteiger partial charge is 0.125 e. The van der Waals surface area contributed by atoms with Crippen LogP contribution in [-0.4, -0.2) is 11.7 Å². The van der Waals surface area contributed by atoms with E-state index in [4.69, 9.17) is 11.2 Å². The molecular formula is C12H13BrO2. The summed E-state index contributed by atoms with van der Waals surface area (Å²) in [6.07, 6.45) is 5.14. The molecule has 2 nitrogen and oxygen atoms in total. The predicted octanol–water partition coefficient (Wildman–Crippen LogP) is 2.90. The van der Waals surface area contributed by atoms with Crippen LogP contribution in [0.15, 0.2) is 22.7 Å². The molecule has 0 aliphatic carbocycles. The lowest BCUT2D eigenvalue weighted by Gasteiger charge is -2.13. The summed E-state index contributed by atoms with van der Waals surface area (Å²) in [5.74, 6) is 3.19. The number of terminal acetylenes is 1. The highest BCUT2D eigenvalue weighted by Crippen LogP contribution is 2.28. The van der Waals surface area contributed by atoms with Crippen molar-refractivity contribution in [1.82, 2.24) is 0 Å². The molecule has 3 heteroatoms. The first-order valence-electron chi connectivity index (χ1n) is 4.69. The Bertz CT molecular complexity index is 366. The van der Waals surface area contributed by atoms with E-state index in [1.165, 1.54) is 0 Å². The van der Waals surface area contributed by atoms with Crippen LogP contribution in [0.1, 0.15) is 25.0 Å². The average Bonchev–Trinajstić information content (AvgIpc) is 2.20. The predicted molar refractivity (Wildman–Crippen MR) is 63.7 cm³/mol. The van der Waals surface area contributed by atoms with Crippen molar-refractivity contribution in [2.75, 3.05) is 6.61 Å². The van der Waals surface area contributed by atoms with Gasteiger partial charge in [0, 0.05) is 16.5 Å². The molecule has 0 fully saturated rings. The zero-order chi connectivity index (χ0) is 11.3. The van der Waals surface area contributed by atoms with E-state index in [2.05, 4.69) is 21.9 Å². The summed E-state index contributed by atoms with van der Waals surface area (Å²) in [7, 11) is 0. The topological polar surface area (TPSA) is 29.5 Å². The van der Waals surface area contributed by atoms with Crippen molar-refractivity contribution >= 4 is 15.9 Å². The van der Waals surface area contributed by atoms with Gasteiger partial charge in [0.1, 0.15) is 5.75 Å². The van der Waals surface area contributed by atoms with E-state index >= 15 is 0 Å². The van der Waals surface area contributed by atoms with Crippen molar-refractivity contribution in [3.8, 4) is 18.1 Å². The normalized spacial score (nSPS) is 11.9. The van der Waals surface area contributed by atoms with Crippen molar-refractivity contribution in [3.63, 3.8) is 0 Å². The lowest BCUT2D eigenvalue weighted by atomic mass is 10.1. The van der Waals surface area contributed by atoms with E-state index < -0.39 is 6.10 Å². The number of ether oxygens (including phenoxy) is 1. The van der Waals surface area contributed by atoms with Crippen LogP contribution in [0, 0.1) is 12.3 Å². The summed E-state index contributed by atoms with van der Waals surface area (Å²) in [6, 6.07) is 5.54. The molecule has 0 aliphatic heterocycles. The molecule has 80 valence electrons. The van der Waals surface area contributed by atoms with E-state index in [1.54, 1.807) is 6.92 Å². The molecule has 1 aromatic rings. The Morgan fingerprint density at radius 1 is 1.60 bits per heavy atom. The van der Waals surface area contributed by atoms with Gasteiger partial charge >= 0.3 is 0 Å². The second-order valence-electron chi connectivity index (χ2n) is 3.16. The molecule has 0 aliphatic rings. The van der Waals surface area contributed by atoms with Gasteiger partial charge in [-0.05, 0) is 25.1 Å². The number of hydrogen-bond acceptors (Lipinski definition) is 2. The Morgan fingerprint density at radius 2 is 2.33 bits per heavy atom. The number of halogens is 1. The van der Waals surface area contributed by atoms with Crippen molar-refractivity contribution in [3.05, 3.63) is 28.2 Å². The molecule has 0 amide bonds. The third-order valence-corrected chi connectivity index (χ3v) is 2.42. The zero-order valence-corrected chi connectivity index (χ0v) is 10.1. The highest BCUT2D eigenvalue weighted by atomic mass is 79.9. The van der Waals surface area contributed by atoms with Crippen LogP contribution in [0.3, 0.4) is 0 Å². The average molecular weight is 269 g/mol. The van der Waals surface area contributed by atoms with Gasteiger partial charge in [0.25, 0.3) is 0 Å². The lowest BCUT2D eigenvalue weighted by Crippen LogP contribution is -2.01. The fraction of sp³-hybridized carbons (Fsp3) is 0.333. The van der Waals surface area contributed by atoms with Gasteiger partial charge in [-0.3, -0.25) is 0 Å². The molecule has 0 saturated carbocycles. The van der Waals surface area contributed by atoms with E-state index in [-0.39, 0.29) is 0 Å². The minimum Gasteiger partial charge on any atom is -0.492 e. The third-order valence-electron chi connectivity index (χ3n) is 1.93. The standard InChI is InChI=1S/C12H13BrO2/c1-3-4-7-15-12-6-5-10(13)8-11(12)9(2)14/h1,5-6,8-9,14H,4,7H2,2H3/t9-/m1/s1. The molecule has 15 heavy (non-hydrogen) atoms.